The average molecular weight is 447 g/mol. The molecule has 0 radical (unpaired) electrons. The maximum atomic E-state index is 12.5. The Bertz CT molecular complexity index is 1040. The number of carbonyl (C=O) groups excluding carboxylic acids is 1. The van der Waals surface area contributed by atoms with Gasteiger partial charge in [-0.05, 0) is 19.2 Å². The predicted molar refractivity (Wildman–Crippen MR) is 120 cm³/mol. The van der Waals surface area contributed by atoms with Gasteiger partial charge < -0.3 is 24.0 Å². The van der Waals surface area contributed by atoms with Crippen molar-refractivity contribution < 1.29 is 9.21 Å². The number of hydrogen-bond donors (Lipinski definition) is 0. The van der Waals surface area contributed by atoms with Gasteiger partial charge in [-0.3, -0.25) is 9.48 Å². The number of piperazine rings is 2. The van der Waals surface area contributed by atoms with E-state index in [2.05, 4.69) is 26.8 Å². The highest BCUT2D eigenvalue weighted by Crippen LogP contribution is 2.27. The second-order valence-electron chi connectivity index (χ2n) is 7.90. The van der Waals surface area contributed by atoms with E-state index in [9.17, 15) is 4.79 Å². The van der Waals surface area contributed by atoms with Crippen LogP contribution in [-0.4, -0.2) is 94.9 Å². The molecule has 5 rings (SSSR count). The molecule has 166 valence electrons. The third-order valence-electron chi connectivity index (χ3n) is 5.94. The largest absolute Gasteiger partial charge is 0.459 e. The number of hydrogen-bond acceptors (Lipinski definition) is 8. The Hall–Kier alpha value is -2.85. The Kier molecular flexibility index (Phi) is 6.01. The SMILES string of the molecule is CN1CCN(c2nc(N3CCN(C(=O)c4ccco4)CC3)nc3c2cnn3C)CC1.Cl. The summed E-state index contributed by atoms with van der Waals surface area (Å²) >= 11 is 0. The molecule has 0 aliphatic carbocycles. The van der Waals surface area contributed by atoms with E-state index in [0.29, 0.717) is 37.9 Å². The molecule has 2 saturated heterocycles. The van der Waals surface area contributed by atoms with Gasteiger partial charge in [0, 0.05) is 59.4 Å². The van der Waals surface area contributed by atoms with Gasteiger partial charge in [-0.2, -0.15) is 15.1 Å². The van der Waals surface area contributed by atoms with E-state index in [0.717, 1.165) is 43.0 Å². The first-order valence-corrected chi connectivity index (χ1v) is 10.3. The average Bonchev–Trinajstić information content (AvgIpc) is 3.44. The Morgan fingerprint density at radius 3 is 2.35 bits per heavy atom. The quantitative estimate of drug-likeness (QED) is 0.591. The summed E-state index contributed by atoms with van der Waals surface area (Å²) in [6, 6.07) is 3.44. The highest BCUT2D eigenvalue weighted by molar-refractivity contribution is 5.91. The molecule has 3 aromatic rings. The van der Waals surface area contributed by atoms with Crippen LogP contribution in [-0.2, 0) is 7.05 Å². The highest BCUT2D eigenvalue weighted by atomic mass is 35.5. The van der Waals surface area contributed by atoms with E-state index in [1.54, 1.807) is 16.8 Å². The minimum absolute atomic E-state index is 0. The predicted octanol–water partition coefficient (Wildman–Crippen LogP) is 1.09. The number of halogens is 1. The number of furan rings is 1. The van der Waals surface area contributed by atoms with Gasteiger partial charge in [0.15, 0.2) is 11.4 Å². The molecular weight excluding hydrogens is 420 g/mol. The smallest absolute Gasteiger partial charge is 0.289 e. The van der Waals surface area contributed by atoms with Crippen LogP contribution in [0.2, 0.25) is 0 Å². The summed E-state index contributed by atoms with van der Waals surface area (Å²) in [4.78, 5) is 30.9. The number of aryl methyl sites for hydroxylation is 1. The minimum Gasteiger partial charge on any atom is -0.459 e. The molecule has 0 aromatic carbocycles. The minimum atomic E-state index is -0.0687. The molecule has 0 atom stereocenters. The molecule has 1 amide bonds. The molecule has 0 unspecified atom stereocenters. The fourth-order valence-electron chi connectivity index (χ4n) is 4.06. The number of rotatable bonds is 3. The monoisotopic (exact) mass is 446 g/mol. The van der Waals surface area contributed by atoms with Crippen molar-refractivity contribution in [3.8, 4) is 0 Å². The molecule has 2 aliphatic heterocycles. The number of likely N-dealkylation sites (N-methyl/N-ethyl adjacent to an activating group) is 1. The molecule has 5 heterocycles. The van der Waals surface area contributed by atoms with Crippen molar-refractivity contribution >= 4 is 41.1 Å². The standard InChI is InChI=1S/C20H26N8O2.ClH/c1-24-5-7-26(8-6-24)18-15-14-21-25(2)17(15)22-20(23-18)28-11-9-27(10-12-28)19(29)16-4-3-13-30-16;/h3-4,13-14H,5-12H2,1-2H3;1H. The summed E-state index contributed by atoms with van der Waals surface area (Å²) < 4.78 is 7.06. The number of amides is 1. The van der Waals surface area contributed by atoms with E-state index < -0.39 is 0 Å². The van der Waals surface area contributed by atoms with Crippen molar-refractivity contribution in [1.29, 1.82) is 0 Å². The molecule has 2 fully saturated rings. The summed E-state index contributed by atoms with van der Waals surface area (Å²) in [5.74, 6) is 1.96. The van der Waals surface area contributed by atoms with Crippen LogP contribution < -0.4 is 9.80 Å². The first-order valence-electron chi connectivity index (χ1n) is 10.3. The normalized spacial score (nSPS) is 17.8. The van der Waals surface area contributed by atoms with E-state index in [1.807, 2.05) is 18.1 Å². The van der Waals surface area contributed by atoms with Gasteiger partial charge in [-0.15, -0.1) is 12.4 Å². The second kappa shape index (κ2) is 8.72. The Labute approximate surface area is 186 Å². The fourth-order valence-corrected chi connectivity index (χ4v) is 4.06. The Morgan fingerprint density at radius 2 is 1.68 bits per heavy atom. The Morgan fingerprint density at radius 1 is 0.968 bits per heavy atom. The molecule has 0 spiro atoms. The molecule has 2 aliphatic rings. The van der Waals surface area contributed by atoms with Crippen LogP contribution >= 0.6 is 12.4 Å². The summed E-state index contributed by atoms with van der Waals surface area (Å²) in [5.41, 5.74) is 0.836. The van der Waals surface area contributed by atoms with Crippen molar-refractivity contribution in [1.82, 2.24) is 29.5 Å². The lowest BCUT2D eigenvalue weighted by Gasteiger charge is -2.36. The van der Waals surface area contributed by atoms with Gasteiger partial charge >= 0.3 is 0 Å². The van der Waals surface area contributed by atoms with Gasteiger partial charge in [0.1, 0.15) is 5.82 Å². The summed E-state index contributed by atoms with van der Waals surface area (Å²) in [7, 11) is 4.05. The maximum absolute atomic E-state index is 12.5. The molecule has 0 N–H and O–H groups in total. The third-order valence-corrected chi connectivity index (χ3v) is 5.94. The van der Waals surface area contributed by atoms with E-state index >= 15 is 0 Å². The molecular formula is C20H27ClN8O2. The van der Waals surface area contributed by atoms with E-state index in [-0.39, 0.29) is 18.3 Å². The summed E-state index contributed by atoms with van der Waals surface area (Å²) in [5, 5.41) is 5.40. The van der Waals surface area contributed by atoms with Crippen molar-refractivity contribution in [2.24, 2.45) is 7.05 Å². The molecule has 0 bridgehead atoms. The number of carbonyl (C=O) groups is 1. The van der Waals surface area contributed by atoms with Crippen molar-refractivity contribution in [2.45, 2.75) is 0 Å². The number of nitrogens with zero attached hydrogens (tertiary/aromatic N) is 8. The number of fused-ring (bicyclic) bond motifs is 1. The van der Waals surface area contributed by atoms with Gasteiger partial charge in [-0.1, -0.05) is 0 Å². The second-order valence-corrected chi connectivity index (χ2v) is 7.90. The van der Waals surface area contributed by atoms with Gasteiger partial charge in [0.05, 0.1) is 17.8 Å². The molecule has 31 heavy (non-hydrogen) atoms. The van der Waals surface area contributed by atoms with Gasteiger partial charge in [-0.25, -0.2) is 0 Å². The topological polar surface area (TPSA) is 86.8 Å². The van der Waals surface area contributed by atoms with Crippen LogP contribution in [0.25, 0.3) is 11.0 Å². The summed E-state index contributed by atoms with van der Waals surface area (Å²) in [6.07, 6.45) is 3.38. The van der Waals surface area contributed by atoms with Crippen LogP contribution in [0.5, 0.6) is 0 Å². The van der Waals surface area contributed by atoms with E-state index in [4.69, 9.17) is 14.4 Å². The fraction of sp³-hybridized carbons (Fsp3) is 0.500. The zero-order valence-electron chi connectivity index (χ0n) is 17.8. The lowest BCUT2D eigenvalue weighted by atomic mass is 10.2. The third kappa shape index (κ3) is 4.05. The number of aromatic nitrogens is 4. The number of anilines is 2. The molecule has 10 nitrogen and oxygen atoms in total. The maximum Gasteiger partial charge on any atom is 0.289 e. The zero-order valence-corrected chi connectivity index (χ0v) is 18.6. The first-order chi connectivity index (χ1) is 14.6. The van der Waals surface area contributed by atoms with Crippen LogP contribution in [0.4, 0.5) is 11.8 Å². The van der Waals surface area contributed by atoms with Gasteiger partial charge in [0.2, 0.25) is 5.95 Å². The molecule has 0 saturated carbocycles. The van der Waals surface area contributed by atoms with Crippen molar-refractivity contribution in [2.75, 3.05) is 69.2 Å². The molecule has 11 heteroatoms. The summed E-state index contributed by atoms with van der Waals surface area (Å²) in [6.45, 7) is 6.45. The van der Waals surface area contributed by atoms with Crippen LogP contribution in [0.1, 0.15) is 10.6 Å². The highest BCUT2D eigenvalue weighted by Gasteiger charge is 2.27. The van der Waals surface area contributed by atoms with Crippen LogP contribution in [0.15, 0.2) is 29.0 Å². The lowest BCUT2D eigenvalue weighted by Crippen LogP contribution is -2.49. The first kappa shape index (κ1) is 21.4. The van der Waals surface area contributed by atoms with Crippen molar-refractivity contribution in [3.63, 3.8) is 0 Å². The van der Waals surface area contributed by atoms with Crippen LogP contribution in [0.3, 0.4) is 0 Å². The van der Waals surface area contributed by atoms with Gasteiger partial charge in [0.25, 0.3) is 5.91 Å². The lowest BCUT2D eigenvalue weighted by molar-refractivity contribution is 0.0714. The van der Waals surface area contributed by atoms with E-state index in [1.165, 1.54) is 6.26 Å². The zero-order chi connectivity index (χ0) is 20.7. The molecule has 3 aromatic heterocycles. The van der Waals surface area contributed by atoms with Crippen LogP contribution in [0, 0.1) is 0 Å². The van der Waals surface area contributed by atoms with Crippen molar-refractivity contribution in [3.05, 3.63) is 30.4 Å². The Balaban J connectivity index is 0.00000231.